The zero-order valence-corrected chi connectivity index (χ0v) is 26.9. The quantitative estimate of drug-likeness (QED) is 0.150. The average molecular weight is 607 g/mol. The van der Waals surface area contributed by atoms with Gasteiger partial charge in [0, 0.05) is 20.9 Å². The van der Waals surface area contributed by atoms with Gasteiger partial charge in [-0.25, -0.2) is 9.59 Å². The van der Waals surface area contributed by atoms with E-state index in [9.17, 15) is 9.59 Å². The highest BCUT2D eigenvalue weighted by Gasteiger charge is 2.13. The fourth-order valence-corrected chi connectivity index (χ4v) is 6.13. The van der Waals surface area contributed by atoms with Crippen molar-refractivity contribution in [2.45, 2.75) is 22.9 Å². The molecule has 0 amide bonds. The molecule has 0 aromatic heterocycles. The minimum atomic E-state index is -1.000. The van der Waals surface area contributed by atoms with Crippen molar-refractivity contribution < 1.29 is 28.8 Å². The number of benzene rings is 4. The van der Waals surface area contributed by atoms with Gasteiger partial charge < -0.3 is 19.2 Å². The Balaban J connectivity index is 0.000000239. The van der Waals surface area contributed by atoms with Crippen LogP contribution in [0, 0.1) is 0 Å². The van der Waals surface area contributed by atoms with Crippen LogP contribution in [0.25, 0.3) is 0 Å². The smallest absolute Gasteiger partial charge is 0.336 e. The maximum absolute atomic E-state index is 11.1. The zero-order chi connectivity index (χ0) is 31.2. The van der Waals surface area contributed by atoms with Crippen molar-refractivity contribution in [3.63, 3.8) is 0 Å². The number of aromatic carboxylic acids is 2. The molecule has 4 aromatic carbocycles. The van der Waals surface area contributed by atoms with Crippen molar-refractivity contribution in [2.75, 3.05) is 42.3 Å². The summed E-state index contributed by atoms with van der Waals surface area (Å²) in [6.07, 6.45) is 0. The van der Waals surface area contributed by atoms with E-state index in [1.807, 2.05) is 0 Å². The number of quaternary nitrogens is 2. The zero-order valence-electron chi connectivity index (χ0n) is 25.2. The second kappa shape index (κ2) is 16.8. The fourth-order valence-electron chi connectivity index (χ4n) is 3.78. The molecule has 2 N–H and O–H groups in total. The van der Waals surface area contributed by atoms with Gasteiger partial charge in [0.05, 0.1) is 53.4 Å². The Morgan fingerprint density at radius 2 is 0.786 bits per heavy atom. The van der Waals surface area contributed by atoms with E-state index in [0.29, 0.717) is 9.79 Å². The third-order valence-electron chi connectivity index (χ3n) is 5.46. The Morgan fingerprint density at radius 3 is 1.07 bits per heavy atom. The largest absolute Gasteiger partial charge is 0.478 e. The van der Waals surface area contributed by atoms with Gasteiger partial charge >= 0.3 is 11.9 Å². The van der Waals surface area contributed by atoms with Crippen LogP contribution in [0.5, 0.6) is 0 Å². The van der Waals surface area contributed by atoms with E-state index >= 15 is 0 Å². The maximum atomic E-state index is 11.1. The monoisotopic (exact) mass is 606 g/mol. The summed E-state index contributed by atoms with van der Waals surface area (Å²) in [5.41, 5.74) is 3.22. The summed E-state index contributed by atoms with van der Waals surface area (Å²) in [6, 6.07) is 34.4. The van der Waals surface area contributed by atoms with Gasteiger partial charge in [0.15, 0.2) is 0 Å². The predicted molar refractivity (Wildman–Crippen MR) is 175 cm³/mol. The summed E-state index contributed by atoms with van der Waals surface area (Å²) in [6.45, 7) is 2.20. The molecule has 6 nitrogen and oxygen atoms in total. The molecule has 0 spiro atoms. The normalized spacial score (nSPS) is 10.9. The van der Waals surface area contributed by atoms with Gasteiger partial charge in [0.2, 0.25) is 0 Å². The highest BCUT2D eigenvalue weighted by atomic mass is 33.1. The fraction of sp³-hybridized carbons (Fsp3) is 0.235. The molecule has 8 heteroatoms. The van der Waals surface area contributed by atoms with E-state index in [1.165, 1.54) is 44.8 Å². The minimum Gasteiger partial charge on any atom is -0.478 e. The Labute approximate surface area is 258 Å². The summed E-state index contributed by atoms with van der Waals surface area (Å²) in [4.78, 5) is 23.4. The lowest BCUT2D eigenvalue weighted by molar-refractivity contribution is -0.884. The second-order valence-corrected chi connectivity index (χ2v) is 13.9. The molecule has 0 aliphatic heterocycles. The highest BCUT2D eigenvalue weighted by molar-refractivity contribution is 8.76. The maximum Gasteiger partial charge on any atom is 0.336 e. The molecule has 0 atom stereocenters. The third-order valence-corrected chi connectivity index (χ3v) is 7.94. The van der Waals surface area contributed by atoms with Crippen molar-refractivity contribution in [2.24, 2.45) is 0 Å². The number of hydrogen-bond donors (Lipinski definition) is 2. The molecule has 4 aromatic rings. The first-order chi connectivity index (χ1) is 19.7. The Morgan fingerprint density at radius 1 is 0.500 bits per heavy atom. The van der Waals surface area contributed by atoms with Crippen LogP contribution in [0.4, 0.5) is 0 Å². The van der Waals surface area contributed by atoms with Crippen LogP contribution in [0.15, 0.2) is 119 Å². The molecule has 0 fully saturated rings. The van der Waals surface area contributed by atoms with Crippen molar-refractivity contribution in [1.29, 1.82) is 0 Å². The molecular weight excluding hydrogens is 565 g/mol. The van der Waals surface area contributed by atoms with Gasteiger partial charge in [-0.2, -0.15) is 0 Å². The summed E-state index contributed by atoms with van der Waals surface area (Å²) >= 11 is 0. The lowest BCUT2D eigenvalue weighted by Crippen LogP contribution is -2.33. The second-order valence-electron chi connectivity index (χ2n) is 11.6. The average Bonchev–Trinajstić information content (AvgIpc) is 2.92. The number of carbonyl (C=O) groups is 2. The first kappa shape index (κ1) is 34.6. The number of hydrogen-bond acceptors (Lipinski definition) is 4. The summed E-state index contributed by atoms with van der Waals surface area (Å²) in [5, 5.41) is 18.2. The Bertz CT molecular complexity index is 1290. The molecule has 0 saturated heterocycles. The molecule has 42 heavy (non-hydrogen) atoms. The summed E-state index contributed by atoms with van der Waals surface area (Å²) in [7, 11) is 15.7. The molecule has 0 unspecified atom stereocenters. The molecule has 222 valence electrons. The van der Waals surface area contributed by atoms with Gasteiger partial charge in [-0.3, -0.25) is 0 Å². The van der Waals surface area contributed by atoms with Crippen LogP contribution in [0.3, 0.4) is 0 Å². The molecular formula is C34H42N2O4S2+2. The first-order valence-electron chi connectivity index (χ1n) is 13.4. The van der Waals surface area contributed by atoms with Gasteiger partial charge in [0.1, 0.15) is 13.1 Å². The van der Waals surface area contributed by atoms with Crippen molar-refractivity contribution in [1.82, 2.24) is 0 Å². The highest BCUT2D eigenvalue weighted by Crippen LogP contribution is 2.40. The third kappa shape index (κ3) is 13.9. The minimum absolute atomic E-state index is 0.206. The van der Waals surface area contributed by atoms with E-state index in [2.05, 4.69) is 103 Å². The van der Waals surface area contributed by atoms with Gasteiger partial charge in [-0.1, -0.05) is 107 Å². The molecule has 0 aliphatic carbocycles. The van der Waals surface area contributed by atoms with E-state index < -0.39 is 11.9 Å². The number of nitrogens with zero attached hydrogens (tertiary/aromatic N) is 2. The lowest BCUT2D eigenvalue weighted by Gasteiger charge is -2.23. The molecule has 0 bridgehead atoms. The number of rotatable bonds is 9. The topological polar surface area (TPSA) is 74.6 Å². The number of carboxylic acids is 2. The molecule has 0 aliphatic rings. The van der Waals surface area contributed by atoms with Crippen LogP contribution < -0.4 is 0 Å². The van der Waals surface area contributed by atoms with Gasteiger partial charge in [0.25, 0.3) is 0 Å². The van der Waals surface area contributed by atoms with Crippen molar-refractivity contribution in [3.05, 3.63) is 131 Å². The number of carboxylic acid groups (broad SMARTS) is 2. The summed E-state index contributed by atoms with van der Waals surface area (Å²) in [5.74, 6) is -2.00. The van der Waals surface area contributed by atoms with Crippen LogP contribution in [-0.2, 0) is 13.1 Å². The van der Waals surface area contributed by atoms with Crippen LogP contribution in [0.2, 0.25) is 0 Å². The predicted octanol–water partition coefficient (Wildman–Crippen LogP) is 7.67. The molecule has 0 saturated carbocycles. The molecule has 0 radical (unpaired) electrons. The van der Waals surface area contributed by atoms with Gasteiger partial charge in [-0.15, -0.1) is 0 Å². The summed E-state index contributed by atoms with van der Waals surface area (Å²) < 4.78 is 1.98. The van der Waals surface area contributed by atoms with Crippen LogP contribution in [-0.4, -0.2) is 73.4 Å². The first-order valence-corrected chi connectivity index (χ1v) is 15.6. The Kier molecular flexibility index (Phi) is 13.8. The molecule has 0 heterocycles. The van der Waals surface area contributed by atoms with Crippen molar-refractivity contribution >= 4 is 33.5 Å². The molecule has 4 rings (SSSR count). The SMILES string of the molecule is C[N+](C)(C)Cc1ccccc1.C[N+](C)(C)Cc1ccccc1.O=C(O)c1ccccc1SSc1ccccc1C(=O)O. The van der Waals surface area contributed by atoms with E-state index in [0.717, 1.165) is 22.1 Å². The van der Waals surface area contributed by atoms with Crippen LogP contribution >= 0.6 is 21.6 Å². The standard InChI is InChI=1S/C14H10O4S2.2C10H16N/c15-13(16)9-5-1-3-7-11(9)19-20-12-8-4-2-6-10(12)14(17)18;2*1-11(2,3)9-10-7-5-4-6-8-10/h1-8H,(H,15,16)(H,17,18);2*4-8H,9H2,1-3H3/q;2*+1. The lowest BCUT2D eigenvalue weighted by atomic mass is 10.2. The van der Waals surface area contributed by atoms with E-state index in [4.69, 9.17) is 10.2 Å². The van der Waals surface area contributed by atoms with Gasteiger partial charge in [-0.05, 0) is 24.3 Å². The van der Waals surface area contributed by atoms with Crippen LogP contribution in [0.1, 0.15) is 31.8 Å². The Hall–Kier alpha value is -3.56. The van der Waals surface area contributed by atoms with Crippen molar-refractivity contribution in [3.8, 4) is 0 Å². The van der Waals surface area contributed by atoms with E-state index in [-0.39, 0.29) is 11.1 Å². The van der Waals surface area contributed by atoms with E-state index in [1.54, 1.807) is 36.4 Å².